The molecule has 1 saturated heterocycles. The van der Waals surface area contributed by atoms with Gasteiger partial charge in [0.2, 0.25) is 0 Å². The van der Waals surface area contributed by atoms with Crippen LogP contribution in [0.3, 0.4) is 0 Å². The lowest BCUT2D eigenvalue weighted by molar-refractivity contribution is 0.399. The Bertz CT molecular complexity index is 1290. The third-order valence-corrected chi connectivity index (χ3v) is 6.03. The van der Waals surface area contributed by atoms with Crippen LogP contribution in [-0.2, 0) is 6.54 Å². The summed E-state index contributed by atoms with van der Waals surface area (Å²) in [5, 5.41) is 0. The van der Waals surface area contributed by atoms with Crippen molar-refractivity contribution in [3.05, 3.63) is 77.1 Å². The fraction of sp³-hybridized carbons (Fsp3) is 0.292. The summed E-state index contributed by atoms with van der Waals surface area (Å²) >= 11 is 0. The van der Waals surface area contributed by atoms with Gasteiger partial charge >= 0.3 is 5.69 Å². The molecule has 0 unspecified atom stereocenters. The van der Waals surface area contributed by atoms with E-state index >= 15 is 0 Å². The first kappa shape index (κ1) is 19.5. The highest BCUT2D eigenvalue weighted by Gasteiger charge is 2.26. The second-order valence-electron chi connectivity index (χ2n) is 7.85. The van der Waals surface area contributed by atoms with Gasteiger partial charge in [0.25, 0.3) is 0 Å². The van der Waals surface area contributed by atoms with Crippen LogP contribution >= 0.6 is 0 Å². The highest BCUT2D eigenvalue weighted by molar-refractivity contribution is 5.76. The van der Waals surface area contributed by atoms with Crippen molar-refractivity contribution in [2.45, 2.75) is 32.4 Å². The minimum Gasteiger partial charge on any atom is -0.354 e. The Hall–Kier alpha value is -3.48. The molecular weight excluding hydrogens is 393 g/mol. The van der Waals surface area contributed by atoms with Crippen LogP contribution in [0.2, 0.25) is 0 Å². The standard InChI is InChI=1S/C24H24FN5O/c1-2-29-20-11-5-6-12-21(20)30(24(29)31)17-8-7-15-28(16-17)22-13-14-26-23(27-22)18-9-3-4-10-19(18)25/h3-6,9-14,17H,2,7-8,15-16H2,1H3/t17-/m0/s1. The quantitative estimate of drug-likeness (QED) is 0.498. The van der Waals surface area contributed by atoms with Crippen LogP contribution in [-0.4, -0.2) is 32.2 Å². The van der Waals surface area contributed by atoms with Crippen molar-refractivity contribution in [2.24, 2.45) is 0 Å². The molecule has 6 nitrogen and oxygen atoms in total. The lowest BCUT2D eigenvalue weighted by Crippen LogP contribution is -2.40. The molecule has 2 aromatic heterocycles. The third kappa shape index (κ3) is 3.40. The summed E-state index contributed by atoms with van der Waals surface area (Å²) in [6.07, 6.45) is 3.55. The Morgan fingerprint density at radius 2 is 1.84 bits per heavy atom. The summed E-state index contributed by atoms with van der Waals surface area (Å²) in [5.74, 6) is 0.790. The van der Waals surface area contributed by atoms with Gasteiger partial charge in [-0.1, -0.05) is 24.3 Å². The molecule has 2 aromatic carbocycles. The maximum absolute atomic E-state index is 14.2. The minimum absolute atomic E-state index is 0.0327. The molecule has 0 radical (unpaired) electrons. The predicted molar refractivity (Wildman–Crippen MR) is 120 cm³/mol. The maximum Gasteiger partial charge on any atom is 0.329 e. The zero-order chi connectivity index (χ0) is 21.4. The molecule has 0 aliphatic carbocycles. The number of aromatic nitrogens is 4. The van der Waals surface area contributed by atoms with Crippen LogP contribution in [0.1, 0.15) is 25.8 Å². The molecule has 0 bridgehead atoms. The largest absolute Gasteiger partial charge is 0.354 e. The SMILES string of the molecule is CCn1c(=O)n([C@H]2CCCN(c3ccnc(-c4ccccc4F)n3)C2)c2ccccc21. The van der Waals surface area contributed by atoms with Gasteiger partial charge in [0.05, 0.1) is 22.6 Å². The number of para-hydroxylation sites is 2. The lowest BCUT2D eigenvalue weighted by atomic mass is 10.1. The number of rotatable bonds is 4. The summed E-state index contributed by atoms with van der Waals surface area (Å²) in [5.41, 5.74) is 2.36. The summed E-state index contributed by atoms with van der Waals surface area (Å²) in [4.78, 5) is 24.3. The molecule has 5 rings (SSSR count). The topological polar surface area (TPSA) is 56.0 Å². The van der Waals surface area contributed by atoms with Gasteiger partial charge in [0.1, 0.15) is 11.6 Å². The third-order valence-electron chi connectivity index (χ3n) is 6.03. The van der Waals surface area contributed by atoms with Gasteiger partial charge in [-0.3, -0.25) is 9.13 Å². The molecule has 0 saturated carbocycles. The first-order chi connectivity index (χ1) is 15.2. The normalized spacial score (nSPS) is 16.7. The lowest BCUT2D eigenvalue weighted by Gasteiger charge is -2.34. The fourth-order valence-corrected chi connectivity index (χ4v) is 4.56. The Kier molecular flexibility index (Phi) is 5.02. The zero-order valence-corrected chi connectivity index (χ0v) is 17.4. The van der Waals surface area contributed by atoms with Gasteiger partial charge in [-0.15, -0.1) is 0 Å². The fourth-order valence-electron chi connectivity index (χ4n) is 4.56. The molecular formula is C24H24FN5O. The van der Waals surface area contributed by atoms with E-state index in [1.807, 2.05) is 46.4 Å². The molecule has 0 N–H and O–H groups in total. The molecule has 7 heteroatoms. The summed E-state index contributed by atoms with van der Waals surface area (Å²) in [7, 11) is 0. The minimum atomic E-state index is -0.338. The molecule has 1 fully saturated rings. The molecule has 0 spiro atoms. The molecule has 158 valence electrons. The first-order valence-corrected chi connectivity index (χ1v) is 10.7. The van der Waals surface area contributed by atoms with Gasteiger partial charge < -0.3 is 4.90 Å². The van der Waals surface area contributed by atoms with E-state index in [1.54, 1.807) is 24.4 Å². The van der Waals surface area contributed by atoms with Crippen molar-refractivity contribution >= 4 is 16.9 Å². The maximum atomic E-state index is 14.2. The van der Waals surface area contributed by atoms with E-state index in [2.05, 4.69) is 14.9 Å². The van der Waals surface area contributed by atoms with Crippen LogP contribution in [0.5, 0.6) is 0 Å². The van der Waals surface area contributed by atoms with E-state index in [1.165, 1.54) is 6.07 Å². The Balaban J connectivity index is 1.50. The second-order valence-corrected chi connectivity index (χ2v) is 7.85. The Morgan fingerprint density at radius 3 is 2.65 bits per heavy atom. The zero-order valence-electron chi connectivity index (χ0n) is 17.4. The Morgan fingerprint density at radius 1 is 1.06 bits per heavy atom. The molecule has 1 aliphatic rings. The van der Waals surface area contributed by atoms with Crippen molar-refractivity contribution in [3.63, 3.8) is 0 Å². The number of piperidine rings is 1. The number of hydrogen-bond acceptors (Lipinski definition) is 4. The van der Waals surface area contributed by atoms with Crippen LogP contribution in [0, 0.1) is 5.82 Å². The van der Waals surface area contributed by atoms with Gasteiger partial charge in [0.15, 0.2) is 5.82 Å². The van der Waals surface area contributed by atoms with E-state index in [-0.39, 0.29) is 17.5 Å². The van der Waals surface area contributed by atoms with Gasteiger partial charge in [-0.25, -0.2) is 19.2 Å². The number of halogens is 1. The number of benzene rings is 2. The molecule has 4 aromatic rings. The first-order valence-electron chi connectivity index (χ1n) is 10.7. The summed E-state index contributed by atoms with van der Waals surface area (Å²) in [6, 6.07) is 16.4. The Labute approximate surface area is 179 Å². The number of hydrogen-bond donors (Lipinski definition) is 0. The number of aryl methyl sites for hydroxylation is 1. The van der Waals surface area contributed by atoms with Gasteiger partial charge in [-0.2, -0.15) is 0 Å². The smallest absolute Gasteiger partial charge is 0.329 e. The average Bonchev–Trinajstić information content (AvgIpc) is 3.10. The average molecular weight is 417 g/mol. The number of imidazole rings is 1. The van der Waals surface area contributed by atoms with Crippen LogP contribution in [0.25, 0.3) is 22.4 Å². The molecule has 31 heavy (non-hydrogen) atoms. The van der Waals surface area contributed by atoms with E-state index < -0.39 is 0 Å². The van der Waals surface area contributed by atoms with Crippen LogP contribution < -0.4 is 10.6 Å². The van der Waals surface area contributed by atoms with Gasteiger partial charge in [-0.05, 0) is 50.1 Å². The summed E-state index contributed by atoms with van der Waals surface area (Å²) in [6.45, 7) is 4.15. The van der Waals surface area contributed by atoms with E-state index in [9.17, 15) is 9.18 Å². The number of nitrogens with zero attached hydrogens (tertiary/aromatic N) is 5. The van der Waals surface area contributed by atoms with Crippen molar-refractivity contribution in [2.75, 3.05) is 18.0 Å². The van der Waals surface area contributed by atoms with E-state index in [0.29, 0.717) is 24.5 Å². The van der Waals surface area contributed by atoms with Crippen molar-refractivity contribution < 1.29 is 4.39 Å². The highest BCUT2D eigenvalue weighted by atomic mass is 19.1. The van der Waals surface area contributed by atoms with Crippen LogP contribution in [0.15, 0.2) is 65.6 Å². The molecule has 1 aliphatic heterocycles. The van der Waals surface area contributed by atoms with Crippen molar-refractivity contribution in [3.8, 4) is 11.4 Å². The summed E-state index contributed by atoms with van der Waals surface area (Å²) < 4.78 is 18.0. The molecule has 3 heterocycles. The molecule has 0 amide bonds. The van der Waals surface area contributed by atoms with Crippen LogP contribution in [0.4, 0.5) is 10.2 Å². The monoisotopic (exact) mass is 417 g/mol. The van der Waals surface area contributed by atoms with Crippen molar-refractivity contribution in [1.82, 2.24) is 19.1 Å². The predicted octanol–water partition coefficient (Wildman–Crippen LogP) is 4.26. The van der Waals surface area contributed by atoms with E-state index in [4.69, 9.17) is 0 Å². The van der Waals surface area contributed by atoms with Gasteiger partial charge in [0, 0.05) is 25.8 Å². The second kappa shape index (κ2) is 7.98. The van der Waals surface area contributed by atoms with Crippen molar-refractivity contribution in [1.29, 1.82) is 0 Å². The van der Waals surface area contributed by atoms with E-state index in [0.717, 1.165) is 36.2 Å². The number of fused-ring (bicyclic) bond motifs is 1. The molecule has 1 atom stereocenters. The highest BCUT2D eigenvalue weighted by Crippen LogP contribution is 2.28. The number of anilines is 1.